The molecular weight excluding hydrogens is 306 g/mol. The highest BCUT2D eigenvalue weighted by atomic mass is 16.5. The topological polar surface area (TPSA) is 56.1 Å². The largest absolute Gasteiger partial charge is 0.459 e. The van der Waals surface area contributed by atoms with Gasteiger partial charge in [-0.05, 0) is 32.4 Å². The van der Waals surface area contributed by atoms with E-state index in [1.165, 1.54) is 0 Å². The average molecular weight is 329 g/mol. The number of imidazole rings is 1. The summed E-state index contributed by atoms with van der Waals surface area (Å²) in [5.41, 5.74) is 3.86. The molecule has 0 aliphatic carbocycles. The van der Waals surface area contributed by atoms with Crippen LogP contribution in [0.1, 0.15) is 35.5 Å². The predicted molar refractivity (Wildman–Crippen MR) is 91.9 cm³/mol. The molecule has 0 N–H and O–H groups in total. The summed E-state index contributed by atoms with van der Waals surface area (Å²) in [6, 6.07) is 1.77. The number of fused-ring (bicyclic) bond motifs is 1. The van der Waals surface area contributed by atoms with Crippen molar-refractivity contribution < 1.29 is 14.3 Å². The second kappa shape index (κ2) is 6.65. The lowest BCUT2D eigenvalue weighted by atomic mass is 10.0. The quantitative estimate of drug-likeness (QED) is 0.807. The third-order valence-corrected chi connectivity index (χ3v) is 4.17. The maximum absolute atomic E-state index is 12.5. The Kier molecular flexibility index (Phi) is 4.57. The molecule has 1 fully saturated rings. The van der Waals surface area contributed by atoms with Crippen molar-refractivity contribution >= 4 is 17.3 Å². The van der Waals surface area contributed by atoms with Crippen LogP contribution in [-0.4, -0.2) is 52.7 Å². The Morgan fingerprint density at radius 2 is 2.08 bits per heavy atom. The Hall–Kier alpha value is -2.34. The van der Waals surface area contributed by atoms with Crippen molar-refractivity contribution in [3.05, 3.63) is 41.9 Å². The van der Waals surface area contributed by atoms with E-state index in [1.807, 2.05) is 31.4 Å². The molecule has 0 unspecified atom stereocenters. The average Bonchev–Trinajstić information content (AvgIpc) is 3.01. The van der Waals surface area contributed by atoms with E-state index >= 15 is 0 Å². The molecule has 2 aromatic rings. The zero-order valence-corrected chi connectivity index (χ0v) is 14.4. The highest BCUT2D eigenvalue weighted by Gasteiger charge is 2.23. The van der Waals surface area contributed by atoms with Crippen LogP contribution in [0.5, 0.6) is 0 Å². The van der Waals surface area contributed by atoms with Gasteiger partial charge in [0.05, 0.1) is 36.3 Å². The standard InChI is InChI=1S/C18H23N3O3/c1-12(2)24-18(22)15-11-16-19-5-6-21(16)17(13(15)3)14(4)20-7-9-23-10-8-20/h5-6,11-12H,4,7-10H2,1-3H3. The Balaban J connectivity index is 2.08. The summed E-state index contributed by atoms with van der Waals surface area (Å²) in [6.45, 7) is 12.8. The monoisotopic (exact) mass is 329 g/mol. The molecule has 3 heterocycles. The van der Waals surface area contributed by atoms with Gasteiger partial charge in [-0.3, -0.25) is 4.40 Å². The fourth-order valence-electron chi connectivity index (χ4n) is 2.98. The van der Waals surface area contributed by atoms with Gasteiger partial charge in [0.1, 0.15) is 5.65 Å². The lowest BCUT2D eigenvalue weighted by Crippen LogP contribution is -2.35. The normalized spacial score (nSPS) is 15.1. The van der Waals surface area contributed by atoms with Crippen molar-refractivity contribution in [2.75, 3.05) is 26.3 Å². The lowest BCUT2D eigenvalue weighted by Gasteiger charge is -2.31. The Bertz CT molecular complexity index is 773. The summed E-state index contributed by atoms with van der Waals surface area (Å²) in [5.74, 6) is -0.330. The molecular formula is C18H23N3O3. The van der Waals surface area contributed by atoms with E-state index in [1.54, 1.807) is 12.3 Å². The molecule has 0 saturated carbocycles. The van der Waals surface area contributed by atoms with Crippen molar-refractivity contribution in [3.8, 4) is 0 Å². The highest BCUT2D eigenvalue weighted by Crippen LogP contribution is 2.27. The molecule has 24 heavy (non-hydrogen) atoms. The third kappa shape index (κ3) is 3.01. The summed E-state index contributed by atoms with van der Waals surface area (Å²) in [4.78, 5) is 19.0. The van der Waals surface area contributed by atoms with Gasteiger partial charge in [0.25, 0.3) is 0 Å². The number of esters is 1. The van der Waals surface area contributed by atoms with E-state index in [9.17, 15) is 4.79 Å². The van der Waals surface area contributed by atoms with Gasteiger partial charge >= 0.3 is 5.97 Å². The number of morpholine rings is 1. The third-order valence-electron chi connectivity index (χ3n) is 4.17. The van der Waals surface area contributed by atoms with Gasteiger partial charge in [-0.25, -0.2) is 9.78 Å². The molecule has 0 aromatic carbocycles. The number of pyridine rings is 1. The molecule has 0 spiro atoms. The first-order valence-electron chi connectivity index (χ1n) is 8.18. The SMILES string of the molecule is C=C(c1c(C)c(C(=O)OC(C)C)cc2nccn12)N1CCOCC1. The summed E-state index contributed by atoms with van der Waals surface area (Å²) >= 11 is 0. The molecule has 6 nitrogen and oxygen atoms in total. The molecule has 1 saturated heterocycles. The number of nitrogens with zero attached hydrogens (tertiary/aromatic N) is 3. The molecule has 128 valence electrons. The Morgan fingerprint density at radius 1 is 1.38 bits per heavy atom. The van der Waals surface area contributed by atoms with Crippen molar-refractivity contribution in [1.82, 2.24) is 14.3 Å². The minimum Gasteiger partial charge on any atom is -0.459 e. The molecule has 0 amide bonds. The van der Waals surface area contributed by atoms with Crippen LogP contribution in [-0.2, 0) is 9.47 Å². The summed E-state index contributed by atoms with van der Waals surface area (Å²) in [7, 11) is 0. The molecule has 0 bridgehead atoms. The van der Waals surface area contributed by atoms with Gasteiger partial charge in [-0.2, -0.15) is 0 Å². The van der Waals surface area contributed by atoms with Crippen molar-refractivity contribution in [2.45, 2.75) is 26.9 Å². The van der Waals surface area contributed by atoms with Crippen LogP contribution in [0.3, 0.4) is 0 Å². The van der Waals surface area contributed by atoms with E-state index in [2.05, 4.69) is 16.5 Å². The lowest BCUT2D eigenvalue weighted by molar-refractivity contribution is 0.0376. The van der Waals surface area contributed by atoms with Crippen LogP contribution in [0.2, 0.25) is 0 Å². The highest BCUT2D eigenvalue weighted by molar-refractivity contribution is 5.93. The van der Waals surface area contributed by atoms with Gasteiger partial charge in [-0.1, -0.05) is 6.58 Å². The molecule has 1 aliphatic heterocycles. The fraction of sp³-hybridized carbons (Fsp3) is 0.444. The van der Waals surface area contributed by atoms with Gasteiger partial charge < -0.3 is 14.4 Å². The molecule has 0 atom stereocenters. The maximum atomic E-state index is 12.5. The number of carbonyl (C=O) groups excluding carboxylic acids is 1. The van der Waals surface area contributed by atoms with Gasteiger partial charge in [0.15, 0.2) is 0 Å². The second-order valence-corrected chi connectivity index (χ2v) is 6.19. The number of hydrogen-bond donors (Lipinski definition) is 0. The number of ether oxygens (including phenoxy) is 2. The number of carbonyl (C=O) groups is 1. The van der Waals surface area contributed by atoms with Crippen LogP contribution in [0.25, 0.3) is 11.3 Å². The van der Waals surface area contributed by atoms with E-state index in [0.29, 0.717) is 24.4 Å². The first-order valence-corrected chi connectivity index (χ1v) is 8.18. The van der Waals surface area contributed by atoms with Gasteiger partial charge in [0, 0.05) is 25.5 Å². The second-order valence-electron chi connectivity index (χ2n) is 6.19. The van der Waals surface area contributed by atoms with E-state index < -0.39 is 0 Å². The number of aromatic nitrogens is 2. The molecule has 3 rings (SSSR count). The summed E-state index contributed by atoms with van der Waals surface area (Å²) < 4.78 is 12.8. The first kappa shape index (κ1) is 16.5. The van der Waals surface area contributed by atoms with Gasteiger partial charge in [0.2, 0.25) is 0 Å². The van der Waals surface area contributed by atoms with Crippen LogP contribution < -0.4 is 0 Å². The van der Waals surface area contributed by atoms with Crippen molar-refractivity contribution in [3.63, 3.8) is 0 Å². The summed E-state index contributed by atoms with van der Waals surface area (Å²) in [6.07, 6.45) is 3.45. The van der Waals surface area contributed by atoms with Crippen molar-refractivity contribution in [1.29, 1.82) is 0 Å². The van der Waals surface area contributed by atoms with E-state index in [0.717, 1.165) is 30.0 Å². The van der Waals surface area contributed by atoms with Crippen molar-refractivity contribution in [2.24, 2.45) is 0 Å². The Morgan fingerprint density at radius 3 is 2.75 bits per heavy atom. The van der Waals surface area contributed by atoms with Gasteiger partial charge in [-0.15, -0.1) is 0 Å². The zero-order chi connectivity index (χ0) is 17.3. The van der Waals surface area contributed by atoms with Crippen LogP contribution >= 0.6 is 0 Å². The zero-order valence-electron chi connectivity index (χ0n) is 14.4. The predicted octanol–water partition coefficient (Wildman–Crippen LogP) is 2.51. The first-order chi connectivity index (χ1) is 11.5. The minimum atomic E-state index is -0.330. The van der Waals surface area contributed by atoms with E-state index in [-0.39, 0.29) is 12.1 Å². The smallest absolute Gasteiger partial charge is 0.338 e. The molecule has 0 radical (unpaired) electrons. The van der Waals surface area contributed by atoms with Crippen LogP contribution in [0.15, 0.2) is 25.0 Å². The summed E-state index contributed by atoms with van der Waals surface area (Å²) in [5, 5.41) is 0. The van der Waals surface area contributed by atoms with E-state index in [4.69, 9.17) is 9.47 Å². The molecule has 1 aliphatic rings. The number of hydrogen-bond acceptors (Lipinski definition) is 5. The fourth-order valence-corrected chi connectivity index (χ4v) is 2.98. The molecule has 6 heteroatoms. The minimum absolute atomic E-state index is 0.168. The Labute approximate surface area is 141 Å². The molecule has 2 aromatic heterocycles. The number of rotatable bonds is 4. The maximum Gasteiger partial charge on any atom is 0.338 e. The van der Waals surface area contributed by atoms with Crippen LogP contribution in [0, 0.1) is 6.92 Å². The van der Waals surface area contributed by atoms with Crippen LogP contribution in [0.4, 0.5) is 0 Å².